The summed E-state index contributed by atoms with van der Waals surface area (Å²) in [6.07, 6.45) is 106. The number of ether oxygens (including phenoxy) is 2. The van der Waals surface area contributed by atoms with Crippen LogP contribution in [-0.4, -0.2) is 74.9 Å². The van der Waals surface area contributed by atoms with Gasteiger partial charge in [-0.3, -0.25) is 18.6 Å². The fraction of sp³-hybridized carbons (Fsp3) is 0.814. The first-order chi connectivity index (χ1) is 47.0. The lowest BCUT2D eigenvalue weighted by Crippen LogP contribution is -2.37. The highest BCUT2D eigenvalue weighted by Gasteiger charge is 2.27. The van der Waals surface area contributed by atoms with Gasteiger partial charge in [0.2, 0.25) is 0 Å². The first-order valence-electron chi connectivity index (χ1n) is 41.3. The van der Waals surface area contributed by atoms with E-state index in [0.717, 1.165) is 77.0 Å². The molecule has 0 spiro atoms. The van der Waals surface area contributed by atoms with Gasteiger partial charge in [-0.05, 0) is 70.6 Å². The second kappa shape index (κ2) is 76.4. The Balaban J connectivity index is 3.93. The molecule has 0 aliphatic carbocycles. The number of phosphoric ester groups is 1. The van der Waals surface area contributed by atoms with Gasteiger partial charge in [0.25, 0.3) is 0 Å². The fourth-order valence-corrected chi connectivity index (χ4v) is 12.9. The molecule has 0 aromatic rings. The van der Waals surface area contributed by atoms with E-state index < -0.39 is 26.5 Å². The van der Waals surface area contributed by atoms with Gasteiger partial charge in [-0.1, -0.05) is 401 Å². The van der Waals surface area contributed by atoms with Crippen LogP contribution in [0.5, 0.6) is 0 Å². The number of hydrogen-bond acceptors (Lipinski definition) is 7. The first kappa shape index (κ1) is 93.2. The minimum atomic E-state index is -4.40. The number of esters is 2. The Bertz CT molecular complexity index is 1900. The monoisotopic (exact) mass is 1370 g/mol. The van der Waals surface area contributed by atoms with Crippen LogP contribution in [0.4, 0.5) is 0 Å². The third-order valence-corrected chi connectivity index (χ3v) is 19.4. The largest absolute Gasteiger partial charge is 0.472 e. The van der Waals surface area contributed by atoms with Crippen LogP contribution in [-0.2, 0) is 32.7 Å². The van der Waals surface area contributed by atoms with Crippen molar-refractivity contribution in [2.75, 3.05) is 47.5 Å². The molecule has 10 heteroatoms. The molecule has 2 unspecified atom stereocenters. The zero-order valence-electron chi connectivity index (χ0n) is 64.1. The fourth-order valence-electron chi connectivity index (χ4n) is 12.2. The first-order valence-corrected chi connectivity index (χ1v) is 42.8. The number of hydrogen-bond donors (Lipinski definition) is 1. The number of unbranched alkanes of at least 4 members (excludes halogenated alkanes) is 49. The summed E-state index contributed by atoms with van der Waals surface area (Å²) < 4.78 is 34.9. The molecule has 0 rings (SSSR count). The van der Waals surface area contributed by atoms with Crippen molar-refractivity contribution in [2.45, 2.75) is 405 Å². The molecule has 560 valence electrons. The Morgan fingerprint density at radius 3 is 0.885 bits per heavy atom. The normalized spacial score (nSPS) is 13.4. The molecule has 0 aromatic carbocycles. The minimum absolute atomic E-state index is 0.0325. The molecule has 0 saturated heterocycles. The van der Waals surface area contributed by atoms with E-state index in [-0.39, 0.29) is 25.6 Å². The number of nitrogens with zero attached hydrogens (tertiary/aromatic N) is 1. The summed E-state index contributed by atoms with van der Waals surface area (Å²) >= 11 is 0. The smallest absolute Gasteiger partial charge is 0.462 e. The van der Waals surface area contributed by atoms with Crippen LogP contribution in [0.2, 0.25) is 0 Å². The standard InChI is InChI=1S/C86H158NO8P/c1-6-8-10-12-14-16-18-20-22-24-26-28-30-32-34-36-38-40-41-42-43-44-45-47-49-51-53-55-57-59-61-63-65-67-69-71-73-75-77-79-86(89)95-84(83-94-96(90,91)93-81-80-87(3,4)5)82-92-85(88)78-76-74-72-70-68-66-64-62-60-58-56-54-52-50-48-46-39-37-35-33-31-29-27-25-23-21-19-17-15-13-11-9-7-2/h8,10,14,16,20,22,26,28,32,34,38,40,42-43,84H,6-7,9,11-13,15,17-19,21,23-25,27,29-31,33,35-37,39,41,44-83H2,1-5H3/p+1/b10-8-,16-14-,22-20-,28-26-,34-32-,40-38-,43-42-. The molecule has 0 amide bonds. The maximum absolute atomic E-state index is 12.9. The van der Waals surface area contributed by atoms with Gasteiger partial charge in [-0.15, -0.1) is 0 Å². The molecule has 96 heavy (non-hydrogen) atoms. The van der Waals surface area contributed by atoms with Crippen LogP contribution in [0.15, 0.2) is 85.1 Å². The van der Waals surface area contributed by atoms with E-state index in [1.54, 1.807) is 0 Å². The third-order valence-electron chi connectivity index (χ3n) is 18.4. The van der Waals surface area contributed by atoms with Crippen LogP contribution < -0.4 is 0 Å². The average molecular weight is 1370 g/mol. The number of carbonyl (C=O) groups excluding carboxylic acids is 2. The van der Waals surface area contributed by atoms with Crippen molar-refractivity contribution in [3.05, 3.63) is 85.1 Å². The molecule has 0 radical (unpaired) electrons. The summed E-state index contributed by atoms with van der Waals surface area (Å²) in [5.74, 6) is -0.777. The lowest BCUT2D eigenvalue weighted by molar-refractivity contribution is -0.870. The number of carbonyl (C=O) groups is 2. The zero-order chi connectivity index (χ0) is 69.7. The minimum Gasteiger partial charge on any atom is -0.462 e. The van der Waals surface area contributed by atoms with Gasteiger partial charge < -0.3 is 18.9 Å². The van der Waals surface area contributed by atoms with E-state index in [1.807, 2.05) is 21.1 Å². The van der Waals surface area contributed by atoms with Gasteiger partial charge in [0.15, 0.2) is 6.10 Å². The predicted molar refractivity (Wildman–Crippen MR) is 418 cm³/mol. The Morgan fingerprint density at radius 2 is 0.594 bits per heavy atom. The molecule has 0 fully saturated rings. The maximum atomic E-state index is 12.9. The molecule has 0 bridgehead atoms. The van der Waals surface area contributed by atoms with E-state index in [9.17, 15) is 19.0 Å². The van der Waals surface area contributed by atoms with Gasteiger partial charge in [-0.25, -0.2) is 4.57 Å². The van der Waals surface area contributed by atoms with Crippen LogP contribution in [0.3, 0.4) is 0 Å². The Labute approximate surface area is 596 Å². The summed E-state index contributed by atoms with van der Waals surface area (Å²) in [5.41, 5.74) is 0. The number of rotatable bonds is 77. The molecule has 2 atom stereocenters. The average Bonchev–Trinajstić information content (AvgIpc) is 1.98. The van der Waals surface area contributed by atoms with Gasteiger partial charge in [-0.2, -0.15) is 0 Å². The Hall–Kier alpha value is -2.81. The maximum Gasteiger partial charge on any atom is 0.472 e. The summed E-state index contributed by atoms with van der Waals surface area (Å²) in [7, 11) is 1.49. The highest BCUT2D eigenvalue weighted by atomic mass is 31.2. The van der Waals surface area contributed by atoms with E-state index >= 15 is 0 Å². The van der Waals surface area contributed by atoms with Crippen LogP contribution in [0.1, 0.15) is 399 Å². The van der Waals surface area contributed by atoms with Gasteiger partial charge in [0, 0.05) is 12.8 Å². The van der Waals surface area contributed by atoms with Crippen molar-refractivity contribution in [2.24, 2.45) is 0 Å². The van der Waals surface area contributed by atoms with Gasteiger partial charge in [0.05, 0.1) is 27.7 Å². The quantitative estimate of drug-likeness (QED) is 0.0211. The summed E-state index contributed by atoms with van der Waals surface area (Å²) in [4.78, 5) is 36.0. The Kier molecular flexibility index (Phi) is 74.1. The highest BCUT2D eigenvalue weighted by Crippen LogP contribution is 2.43. The summed E-state index contributed by atoms with van der Waals surface area (Å²) in [6, 6.07) is 0. The SMILES string of the molecule is CC/C=C\C/C=C\C/C=C\C/C=C\C/C=C\C/C=C\C/C=C\CCCCCCCCCCCCCCCCCCCC(=O)OC(COC(=O)CCCCCCCCCCCCCCCCCCCCCCCCCCCCCCCCCCC)COP(=O)(O)OCC[N+](C)(C)C. The number of likely N-dealkylation sites (N-methyl/N-ethyl adjacent to an activating group) is 1. The molecule has 0 saturated carbocycles. The van der Waals surface area contributed by atoms with Crippen molar-refractivity contribution in [3.63, 3.8) is 0 Å². The van der Waals surface area contributed by atoms with Gasteiger partial charge in [0.1, 0.15) is 19.8 Å². The third kappa shape index (κ3) is 80.2. The Morgan fingerprint density at radius 1 is 0.333 bits per heavy atom. The molecular weight excluding hydrogens is 1210 g/mol. The van der Waals surface area contributed by atoms with E-state index in [1.165, 1.54) is 289 Å². The predicted octanol–water partition coefficient (Wildman–Crippen LogP) is 27.6. The van der Waals surface area contributed by atoms with E-state index in [0.29, 0.717) is 23.9 Å². The summed E-state index contributed by atoms with van der Waals surface area (Å²) in [6.45, 7) is 4.39. The van der Waals surface area contributed by atoms with E-state index in [4.69, 9.17) is 18.5 Å². The molecule has 0 aliphatic rings. The number of allylic oxidation sites excluding steroid dienone is 14. The van der Waals surface area contributed by atoms with Crippen LogP contribution in [0, 0.1) is 0 Å². The van der Waals surface area contributed by atoms with Crippen molar-refractivity contribution in [1.29, 1.82) is 0 Å². The van der Waals surface area contributed by atoms with Crippen LogP contribution >= 0.6 is 7.82 Å². The lowest BCUT2D eigenvalue weighted by Gasteiger charge is -2.24. The second-order valence-electron chi connectivity index (χ2n) is 29.1. The summed E-state index contributed by atoms with van der Waals surface area (Å²) in [5, 5.41) is 0. The molecular formula is C86H159NO8P+. The van der Waals surface area contributed by atoms with Crippen molar-refractivity contribution in [3.8, 4) is 0 Å². The zero-order valence-corrected chi connectivity index (χ0v) is 65.0. The van der Waals surface area contributed by atoms with Crippen molar-refractivity contribution >= 4 is 19.8 Å². The van der Waals surface area contributed by atoms with Gasteiger partial charge >= 0.3 is 19.8 Å². The lowest BCUT2D eigenvalue weighted by atomic mass is 10.0. The molecule has 1 N–H and O–H groups in total. The second-order valence-corrected chi connectivity index (χ2v) is 30.6. The topological polar surface area (TPSA) is 108 Å². The van der Waals surface area contributed by atoms with Crippen molar-refractivity contribution in [1.82, 2.24) is 0 Å². The van der Waals surface area contributed by atoms with Crippen molar-refractivity contribution < 1.29 is 42.1 Å². The highest BCUT2D eigenvalue weighted by molar-refractivity contribution is 7.47. The van der Waals surface area contributed by atoms with E-state index in [2.05, 4.69) is 98.9 Å². The number of phosphoric acid groups is 1. The molecule has 0 heterocycles. The molecule has 0 aliphatic heterocycles. The molecule has 0 aromatic heterocycles. The molecule has 9 nitrogen and oxygen atoms in total. The number of quaternary nitrogens is 1. The van der Waals surface area contributed by atoms with Crippen LogP contribution in [0.25, 0.3) is 0 Å².